The van der Waals surface area contributed by atoms with Crippen molar-refractivity contribution in [2.45, 2.75) is 31.8 Å². The lowest BCUT2D eigenvalue weighted by atomic mass is 9.97. The number of aromatic nitrogens is 3. The predicted molar refractivity (Wildman–Crippen MR) is 115 cm³/mol. The summed E-state index contributed by atoms with van der Waals surface area (Å²) in [7, 11) is 0. The summed E-state index contributed by atoms with van der Waals surface area (Å²) in [5.74, 6) is 2.27. The molecule has 6 heteroatoms. The molecule has 4 aromatic rings. The van der Waals surface area contributed by atoms with Gasteiger partial charge in [-0.25, -0.2) is 0 Å². The van der Waals surface area contributed by atoms with Gasteiger partial charge in [-0.05, 0) is 49.2 Å². The van der Waals surface area contributed by atoms with Crippen molar-refractivity contribution in [2.24, 2.45) is 0 Å². The molecule has 0 radical (unpaired) electrons. The number of nitrogens with one attached hydrogen (secondary N) is 1. The van der Waals surface area contributed by atoms with Gasteiger partial charge in [0.2, 0.25) is 6.39 Å². The van der Waals surface area contributed by atoms with E-state index < -0.39 is 0 Å². The lowest BCUT2D eigenvalue weighted by Gasteiger charge is -2.16. The highest BCUT2D eigenvalue weighted by atomic mass is 16.5. The largest absolute Gasteiger partial charge is 0.488 e. The summed E-state index contributed by atoms with van der Waals surface area (Å²) >= 11 is 0. The third-order valence-electron chi connectivity index (χ3n) is 5.93. The van der Waals surface area contributed by atoms with Crippen LogP contribution >= 0.6 is 0 Å². The number of aromatic amines is 1. The van der Waals surface area contributed by atoms with Gasteiger partial charge in [-0.1, -0.05) is 41.6 Å². The average Bonchev–Trinajstić information content (AvgIpc) is 3.54. The van der Waals surface area contributed by atoms with Crippen molar-refractivity contribution in [2.75, 3.05) is 19.6 Å². The van der Waals surface area contributed by atoms with Crippen molar-refractivity contribution in [3.63, 3.8) is 0 Å². The molecular formula is C24H26N4O2. The van der Waals surface area contributed by atoms with Gasteiger partial charge in [0.25, 0.3) is 0 Å². The lowest BCUT2D eigenvalue weighted by Crippen LogP contribution is -2.22. The third kappa shape index (κ3) is 4.09. The van der Waals surface area contributed by atoms with E-state index in [0.717, 1.165) is 49.6 Å². The first-order valence-corrected chi connectivity index (χ1v) is 10.6. The molecule has 2 aromatic heterocycles. The second kappa shape index (κ2) is 8.71. The normalized spacial score (nSPS) is 17.0. The van der Waals surface area contributed by atoms with E-state index in [1.807, 2.05) is 18.2 Å². The van der Waals surface area contributed by atoms with Gasteiger partial charge in [0.15, 0.2) is 5.82 Å². The summed E-state index contributed by atoms with van der Waals surface area (Å²) in [4.78, 5) is 10.1. The summed E-state index contributed by atoms with van der Waals surface area (Å²) in [6, 6.07) is 16.6. The molecule has 0 aliphatic carbocycles. The Hall–Kier alpha value is -3.12. The van der Waals surface area contributed by atoms with Crippen molar-refractivity contribution < 1.29 is 9.26 Å². The number of likely N-dealkylation sites (tertiary alicyclic amines) is 1. The van der Waals surface area contributed by atoms with Crippen LogP contribution in [0.25, 0.3) is 10.9 Å². The Bertz CT molecular complexity index is 1080. The van der Waals surface area contributed by atoms with Gasteiger partial charge >= 0.3 is 0 Å². The van der Waals surface area contributed by atoms with E-state index in [2.05, 4.69) is 56.6 Å². The molecule has 154 valence electrons. The highest BCUT2D eigenvalue weighted by molar-refractivity contribution is 5.89. The number of ether oxygens (including phenoxy) is 1. The van der Waals surface area contributed by atoms with Crippen LogP contribution in [0.5, 0.6) is 5.75 Å². The SMILES string of the molecule is c1ccc(COc2cccc3[nH]cc(C4CCN(CCCc5ncon5)C4)c23)cc1. The molecule has 30 heavy (non-hydrogen) atoms. The van der Waals surface area contributed by atoms with Gasteiger partial charge in [0.05, 0.1) is 0 Å². The van der Waals surface area contributed by atoms with E-state index in [1.54, 1.807) is 0 Å². The van der Waals surface area contributed by atoms with Crippen LogP contribution in [0.2, 0.25) is 0 Å². The fourth-order valence-corrected chi connectivity index (χ4v) is 4.41. The standard InChI is InChI=1S/C24H26N4O2/c1-2-6-18(7-3-1)16-29-22-9-4-8-21-24(22)20(14-25-21)19-11-13-28(15-19)12-5-10-23-26-17-30-27-23/h1-4,6-9,14,17,19,25H,5,10-13,15-16H2. The van der Waals surface area contributed by atoms with Gasteiger partial charge in [-0.2, -0.15) is 4.98 Å². The molecule has 1 unspecified atom stereocenters. The first-order chi connectivity index (χ1) is 14.9. The van der Waals surface area contributed by atoms with Crippen molar-refractivity contribution in [1.29, 1.82) is 0 Å². The maximum Gasteiger partial charge on any atom is 0.213 e. The van der Waals surface area contributed by atoms with Crippen LogP contribution in [0.1, 0.15) is 35.7 Å². The van der Waals surface area contributed by atoms with Crippen LogP contribution in [0.4, 0.5) is 0 Å². The molecule has 6 nitrogen and oxygen atoms in total. The van der Waals surface area contributed by atoms with Gasteiger partial charge < -0.3 is 19.1 Å². The van der Waals surface area contributed by atoms with Crippen molar-refractivity contribution >= 4 is 10.9 Å². The van der Waals surface area contributed by atoms with E-state index in [0.29, 0.717) is 12.5 Å². The minimum absolute atomic E-state index is 0.519. The van der Waals surface area contributed by atoms with E-state index >= 15 is 0 Å². The number of nitrogens with zero attached hydrogens (tertiary/aromatic N) is 3. The Kier molecular flexibility index (Phi) is 5.48. The van der Waals surface area contributed by atoms with Crippen LogP contribution in [-0.4, -0.2) is 39.7 Å². The summed E-state index contributed by atoms with van der Waals surface area (Å²) in [6.45, 7) is 3.84. The Morgan fingerprint density at radius 3 is 2.93 bits per heavy atom. The van der Waals surface area contributed by atoms with Crippen LogP contribution in [0, 0.1) is 0 Å². The van der Waals surface area contributed by atoms with Crippen LogP contribution in [0.15, 0.2) is 65.6 Å². The summed E-state index contributed by atoms with van der Waals surface area (Å²) in [5, 5.41) is 5.13. The molecule has 0 amide bonds. The Labute approximate surface area is 175 Å². The molecular weight excluding hydrogens is 376 g/mol. The Morgan fingerprint density at radius 2 is 2.07 bits per heavy atom. The molecule has 1 atom stereocenters. The monoisotopic (exact) mass is 402 g/mol. The molecule has 0 bridgehead atoms. The number of benzene rings is 2. The molecule has 1 saturated heterocycles. The molecule has 2 aromatic carbocycles. The molecule has 0 saturated carbocycles. The van der Waals surface area contributed by atoms with Gasteiger partial charge in [-0.3, -0.25) is 0 Å². The van der Waals surface area contributed by atoms with Gasteiger partial charge in [0.1, 0.15) is 12.4 Å². The number of aryl methyl sites for hydroxylation is 1. The topological polar surface area (TPSA) is 67.2 Å². The van der Waals surface area contributed by atoms with E-state index in [9.17, 15) is 0 Å². The van der Waals surface area contributed by atoms with Gasteiger partial charge in [0, 0.05) is 36.0 Å². The van der Waals surface area contributed by atoms with E-state index in [4.69, 9.17) is 9.26 Å². The second-order valence-corrected chi connectivity index (χ2v) is 7.93. The van der Waals surface area contributed by atoms with E-state index in [-0.39, 0.29) is 0 Å². The quantitative estimate of drug-likeness (QED) is 0.468. The van der Waals surface area contributed by atoms with Gasteiger partial charge in [-0.15, -0.1) is 0 Å². The molecule has 1 aliphatic heterocycles. The molecule has 1 N–H and O–H groups in total. The zero-order valence-corrected chi connectivity index (χ0v) is 17.0. The summed E-state index contributed by atoms with van der Waals surface area (Å²) in [6.07, 6.45) is 6.65. The lowest BCUT2D eigenvalue weighted by molar-refractivity contribution is 0.309. The number of hydrogen-bond donors (Lipinski definition) is 1. The summed E-state index contributed by atoms with van der Waals surface area (Å²) < 4.78 is 11.1. The second-order valence-electron chi connectivity index (χ2n) is 7.93. The molecule has 1 fully saturated rings. The zero-order valence-electron chi connectivity index (χ0n) is 17.0. The average molecular weight is 402 g/mol. The first kappa shape index (κ1) is 18.9. The highest BCUT2D eigenvalue weighted by Gasteiger charge is 2.26. The molecule has 0 spiro atoms. The third-order valence-corrected chi connectivity index (χ3v) is 5.93. The number of fused-ring (bicyclic) bond motifs is 1. The van der Waals surface area contributed by atoms with Crippen molar-refractivity contribution in [3.05, 3.63) is 78.1 Å². The number of rotatable bonds is 8. The molecule has 5 rings (SSSR count). The highest BCUT2D eigenvalue weighted by Crippen LogP contribution is 2.37. The minimum Gasteiger partial charge on any atom is -0.488 e. The van der Waals surface area contributed by atoms with Crippen molar-refractivity contribution in [3.8, 4) is 5.75 Å². The van der Waals surface area contributed by atoms with Crippen LogP contribution in [0.3, 0.4) is 0 Å². The Balaban J connectivity index is 1.26. The van der Waals surface area contributed by atoms with Crippen LogP contribution in [-0.2, 0) is 13.0 Å². The summed E-state index contributed by atoms with van der Waals surface area (Å²) in [5.41, 5.74) is 3.70. The smallest absolute Gasteiger partial charge is 0.213 e. The maximum absolute atomic E-state index is 6.24. The fraction of sp³-hybridized carbons (Fsp3) is 0.333. The number of H-pyrrole nitrogens is 1. The molecule has 1 aliphatic rings. The van der Waals surface area contributed by atoms with Crippen LogP contribution < -0.4 is 4.74 Å². The zero-order chi connectivity index (χ0) is 20.2. The molecule has 3 heterocycles. The maximum atomic E-state index is 6.24. The predicted octanol–water partition coefficient (Wildman–Crippen LogP) is 4.55. The Morgan fingerprint density at radius 1 is 1.13 bits per heavy atom. The van der Waals surface area contributed by atoms with Crippen molar-refractivity contribution in [1.82, 2.24) is 20.0 Å². The fourth-order valence-electron chi connectivity index (χ4n) is 4.41. The first-order valence-electron chi connectivity index (χ1n) is 10.6. The minimum atomic E-state index is 0.519. The number of hydrogen-bond acceptors (Lipinski definition) is 5. The van der Waals surface area contributed by atoms with E-state index in [1.165, 1.54) is 29.3 Å².